The summed E-state index contributed by atoms with van der Waals surface area (Å²) in [6.07, 6.45) is 0.882. The summed E-state index contributed by atoms with van der Waals surface area (Å²) in [5, 5.41) is 3.56. The third-order valence-electron chi connectivity index (χ3n) is 3.52. The maximum Gasteiger partial charge on any atom is 0.0511 e. The van der Waals surface area contributed by atoms with Crippen molar-refractivity contribution in [1.29, 1.82) is 0 Å². The second-order valence-electron chi connectivity index (χ2n) is 4.85. The second kappa shape index (κ2) is 6.75. The third-order valence-corrected chi connectivity index (χ3v) is 6.01. The highest BCUT2D eigenvalue weighted by molar-refractivity contribution is 14.1. The van der Waals surface area contributed by atoms with Gasteiger partial charge in [-0.25, -0.2) is 0 Å². The maximum atomic E-state index is 5.82. The molecule has 1 atom stereocenters. The van der Waals surface area contributed by atoms with Gasteiger partial charge in [0.15, 0.2) is 0 Å². The number of nitrogens with two attached hydrogens (primary N) is 1. The number of halogens is 2. The van der Waals surface area contributed by atoms with Gasteiger partial charge in [0, 0.05) is 12.7 Å². The number of hydrogen-bond donors (Lipinski definition) is 2. The molecule has 0 aliphatic carbocycles. The number of benzene rings is 2. The zero-order valence-corrected chi connectivity index (χ0v) is 15.7. The van der Waals surface area contributed by atoms with Crippen molar-refractivity contribution in [3.8, 4) is 0 Å². The van der Waals surface area contributed by atoms with Crippen LogP contribution < -0.4 is 11.3 Å². The first kappa shape index (κ1) is 15.4. The van der Waals surface area contributed by atoms with Crippen molar-refractivity contribution in [2.75, 3.05) is 0 Å². The summed E-state index contributed by atoms with van der Waals surface area (Å²) in [6.45, 7) is 0. The average Bonchev–Trinajstić information content (AvgIpc) is 2.91. The van der Waals surface area contributed by atoms with Crippen LogP contribution in [0.5, 0.6) is 0 Å². The summed E-state index contributed by atoms with van der Waals surface area (Å²) in [5.74, 6) is 5.82. The molecule has 21 heavy (non-hydrogen) atoms. The lowest BCUT2D eigenvalue weighted by atomic mass is 9.99. The molecule has 2 nitrogen and oxygen atoms in total. The van der Waals surface area contributed by atoms with Gasteiger partial charge in [-0.15, -0.1) is 11.3 Å². The van der Waals surface area contributed by atoms with E-state index < -0.39 is 0 Å². The lowest BCUT2D eigenvalue weighted by Gasteiger charge is -2.18. The van der Waals surface area contributed by atoms with E-state index in [1.54, 1.807) is 11.3 Å². The van der Waals surface area contributed by atoms with Gasteiger partial charge in [-0.05, 0) is 75.2 Å². The van der Waals surface area contributed by atoms with Gasteiger partial charge < -0.3 is 0 Å². The van der Waals surface area contributed by atoms with Crippen LogP contribution in [0.25, 0.3) is 10.1 Å². The molecule has 108 valence electrons. The molecule has 0 fully saturated rings. The van der Waals surface area contributed by atoms with E-state index >= 15 is 0 Å². The van der Waals surface area contributed by atoms with Crippen molar-refractivity contribution in [2.24, 2.45) is 5.84 Å². The fourth-order valence-corrected chi connectivity index (χ4v) is 4.52. The van der Waals surface area contributed by atoms with Crippen molar-refractivity contribution in [1.82, 2.24) is 5.43 Å². The Balaban J connectivity index is 1.96. The van der Waals surface area contributed by atoms with Crippen LogP contribution in [-0.4, -0.2) is 0 Å². The van der Waals surface area contributed by atoms with Crippen molar-refractivity contribution in [3.63, 3.8) is 0 Å². The normalized spacial score (nSPS) is 12.7. The SMILES string of the molecule is NNC(Cc1csc2ccccc12)c1cc(Br)ccc1I. The van der Waals surface area contributed by atoms with Crippen LogP contribution >= 0.6 is 49.9 Å². The monoisotopic (exact) mass is 472 g/mol. The fraction of sp³-hybridized carbons (Fsp3) is 0.125. The first-order valence-electron chi connectivity index (χ1n) is 6.55. The number of thiophene rings is 1. The van der Waals surface area contributed by atoms with Crippen LogP contribution in [0.3, 0.4) is 0 Å². The van der Waals surface area contributed by atoms with Crippen LogP contribution in [0.4, 0.5) is 0 Å². The van der Waals surface area contributed by atoms with Gasteiger partial charge in [-0.2, -0.15) is 0 Å². The summed E-state index contributed by atoms with van der Waals surface area (Å²) in [7, 11) is 0. The number of hydrogen-bond acceptors (Lipinski definition) is 3. The third kappa shape index (κ3) is 3.32. The predicted octanol–water partition coefficient (Wildman–Crippen LogP) is 5.02. The van der Waals surface area contributed by atoms with E-state index in [1.807, 2.05) is 0 Å². The predicted molar refractivity (Wildman–Crippen MR) is 102 cm³/mol. The average molecular weight is 473 g/mol. The lowest BCUT2D eigenvalue weighted by Crippen LogP contribution is -2.30. The van der Waals surface area contributed by atoms with E-state index in [-0.39, 0.29) is 6.04 Å². The maximum absolute atomic E-state index is 5.82. The van der Waals surface area contributed by atoms with E-state index in [4.69, 9.17) is 5.84 Å². The molecule has 0 aliphatic rings. The van der Waals surface area contributed by atoms with Gasteiger partial charge in [0.2, 0.25) is 0 Å². The summed E-state index contributed by atoms with van der Waals surface area (Å²) < 4.78 is 3.62. The Morgan fingerprint density at radius 2 is 2.05 bits per heavy atom. The molecule has 0 bridgehead atoms. The van der Waals surface area contributed by atoms with Crippen LogP contribution in [-0.2, 0) is 6.42 Å². The molecule has 1 heterocycles. The minimum absolute atomic E-state index is 0.104. The van der Waals surface area contributed by atoms with Gasteiger partial charge in [0.25, 0.3) is 0 Å². The summed E-state index contributed by atoms with van der Waals surface area (Å²) in [4.78, 5) is 0. The molecule has 3 rings (SSSR count). The lowest BCUT2D eigenvalue weighted by molar-refractivity contribution is 0.551. The summed E-state index contributed by atoms with van der Waals surface area (Å²) >= 11 is 7.69. The van der Waals surface area contributed by atoms with Crippen LogP contribution in [0.1, 0.15) is 17.2 Å². The number of rotatable bonds is 4. The van der Waals surface area contributed by atoms with E-state index in [9.17, 15) is 0 Å². The van der Waals surface area contributed by atoms with Crippen molar-refractivity contribution in [3.05, 3.63) is 67.0 Å². The number of hydrazine groups is 1. The molecule has 2 aromatic carbocycles. The van der Waals surface area contributed by atoms with Crippen molar-refractivity contribution < 1.29 is 0 Å². The molecular weight excluding hydrogens is 459 g/mol. The first-order chi connectivity index (χ1) is 10.2. The minimum Gasteiger partial charge on any atom is -0.271 e. The zero-order valence-electron chi connectivity index (χ0n) is 11.1. The van der Waals surface area contributed by atoms with E-state index in [2.05, 4.69) is 91.8 Å². The first-order valence-corrected chi connectivity index (χ1v) is 9.30. The van der Waals surface area contributed by atoms with Crippen molar-refractivity contribution >= 4 is 59.9 Å². The topological polar surface area (TPSA) is 38.0 Å². The van der Waals surface area contributed by atoms with Crippen LogP contribution in [0.15, 0.2) is 52.3 Å². The smallest absolute Gasteiger partial charge is 0.0511 e. The second-order valence-corrected chi connectivity index (χ2v) is 7.84. The molecule has 3 N–H and O–H groups in total. The molecule has 0 radical (unpaired) electrons. The van der Waals surface area contributed by atoms with E-state index in [0.29, 0.717) is 0 Å². The molecule has 0 spiro atoms. The summed E-state index contributed by atoms with van der Waals surface area (Å²) in [5.41, 5.74) is 5.54. The van der Waals surface area contributed by atoms with Crippen LogP contribution in [0, 0.1) is 3.57 Å². The molecule has 5 heteroatoms. The Kier molecular flexibility index (Phi) is 4.96. The van der Waals surface area contributed by atoms with Crippen LogP contribution in [0.2, 0.25) is 0 Å². The molecular formula is C16H14BrIN2S. The molecule has 1 aromatic heterocycles. The Morgan fingerprint density at radius 3 is 2.86 bits per heavy atom. The van der Waals surface area contributed by atoms with Gasteiger partial charge in [0.1, 0.15) is 0 Å². The van der Waals surface area contributed by atoms with Gasteiger partial charge in [0.05, 0.1) is 6.04 Å². The quantitative estimate of drug-likeness (QED) is 0.318. The van der Waals surface area contributed by atoms with E-state index in [1.165, 1.54) is 24.8 Å². The molecule has 3 aromatic rings. The van der Waals surface area contributed by atoms with E-state index in [0.717, 1.165) is 10.9 Å². The summed E-state index contributed by atoms with van der Waals surface area (Å²) in [6, 6.07) is 14.9. The van der Waals surface area contributed by atoms with Gasteiger partial charge >= 0.3 is 0 Å². The zero-order chi connectivity index (χ0) is 14.8. The minimum atomic E-state index is 0.104. The highest BCUT2D eigenvalue weighted by Gasteiger charge is 2.16. The Morgan fingerprint density at radius 1 is 1.24 bits per heavy atom. The largest absolute Gasteiger partial charge is 0.271 e. The molecule has 1 unspecified atom stereocenters. The van der Waals surface area contributed by atoms with Gasteiger partial charge in [-0.1, -0.05) is 34.1 Å². The van der Waals surface area contributed by atoms with Gasteiger partial charge in [-0.3, -0.25) is 11.3 Å². The molecule has 0 saturated heterocycles. The molecule has 0 aliphatic heterocycles. The number of nitrogens with one attached hydrogen (secondary N) is 1. The Bertz CT molecular complexity index is 772. The fourth-order valence-electron chi connectivity index (χ4n) is 2.45. The highest BCUT2D eigenvalue weighted by Crippen LogP contribution is 2.31. The standard InChI is InChI=1S/C16H14BrIN2S/c17-11-5-6-14(18)13(8-11)15(20-19)7-10-9-21-16-4-2-1-3-12(10)16/h1-6,8-9,15,20H,7,19H2. The molecule has 0 saturated carbocycles. The Hall–Kier alpha value is -0.470. The highest BCUT2D eigenvalue weighted by atomic mass is 127. The molecule has 0 amide bonds. The number of fused-ring (bicyclic) bond motifs is 1. The Labute approximate surface area is 150 Å². The van der Waals surface area contributed by atoms with Crippen molar-refractivity contribution in [2.45, 2.75) is 12.5 Å².